The largest absolute Gasteiger partial charge is 0.341 e. The molecule has 1 unspecified atom stereocenters. The highest BCUT2D eigenvalue weighted by Gasteiger charge is 2.25. The predicted octanol–water partition coefficient (Wildman–Crippen LogP) is 3.22. The van der Waals surface area contributed by atoms with Crippen LogP contribution in [0, 0.1) is 5.82 Å². The van der Waals surface area contributed by atoms with E-state index in [9.17, 15) is 14.0 Å². The summed E-state index contributed by atoms with van der Waals surface area (Å²) in [5, 5.41) is 5.02. The number of carbonyl (C=O) groups excluding carboxylic acids is 2. The second kappa shape index (κ2) is 6.38. The van der Waals surface area contributed by atoms with E-state index in [1.165, 1.54) is 17.7 Å². The van der Waals surface area contributed by atoms with Crippen molar-refractivity contribution in [3.05, 3.63) is 64.4 Å². The summed E-state index contributed by atoms with van der Waals surface area (Å²) in [5.41, 5.74) is 2.39. The van der Waals surface area contributed by atoms with Gasteiger partial charge in [-0.3, -0.25) is 9.59 Å². The summed E-state index contributed by atoms with van der Waals surface area (Å²) in [6.07, 6.45) is 1.62. The maximum Gasteiger partial charge on any atom is 0.313 e. The molecule has 0 aliphatic heterocycles. The average molecular weight is 333 g/mol. The number of halogens is 2. The van der Waals surface area contributed by atoms with Crippen LogP contribution in [0.5, 0.6) is 0 Å². The van der Waals surface area contributed by atoms with Crippen LogP contribution in [-0.4, -0.2) is 11.8 Å². The molecular weight excluding hydrogens is 319 g/mol. The third kappa shape index (κ3) is 3.35. The zero-order chi connectivity index (χ0) is 16.4. The van der Waals surface area contributed by atoms with Crippen LogP contribution in [-0.2, 0) is 16.0 Å². The van der Waals surface area contributed by atoms with Gasteiger partial charge in [0.05, 0.1) is 11.1 Å². The highest BCUT2D eigenvalue weighted by atomic mass is 35.5. The lowest BCUT2D eigenvalue weighted by molar-refractivity contribution is -0.136. The van der Waals surface area contributed by atoms with Crippen molar-refractivity contribution < 1.29 is 14.0 Å². The summed E-state index contributed by atoms with van der Waals surface area (Å²) < 4.78 is 13.3. The van der Waals surface area contributed by atoms with Crippen LogP contribution in [0.3, 0.4) is 0 Å². The van der Waals surface area contributed by atoms with E-state index in [0.717, 1.165) is 24.5 Å². The van der Waals surface area contributed by atoms with E-state index in [-0.39, 0.29) is 16.8 Å². The maximum atomic E-state index is 13.3. The number of carbonyl (C=O) groups is 2. The number of hydrogen-bond donors (Lipinski definition) is 2. The Kier molecular flexibility index (Phi) is 4.30. The number of aryl methyl sites for hydroxylation is 1. The van der Waals surface area contributed by atoms with E-state index in [0.29, 0.717) is 0 Å². The minimum atomic E-state index is -0.837. The number of hydrogen-bond acceptors (Lipinski definition) is 2. The molecule has 0 radical (unpaired) electrons. The van der Waals surface area contributed by atoms with Gasteiger partial charge in [0.25, 0.3) is 0 Å². The van der Waals surface area contributed by atoms with E-state index >= 15 is 0 Å². The normalized spacial score (nSPS) is 15.8. The Balaban J connectivity index is 1.64. The van der Waals surface area contributed by atoms with Crippen LogP contribution >= 0.6 is 11.6 Å². The van der Waals surface area contributed by atoms with E-state index in [2.05, 4.69) is 10.6 Å². The number of benzene rings is 2. The summed E-state index contributed by atoms with van der Waals surface area (Å²) in [6.45, 7) is 0. The summed E-state index contributed by atoms with van der Waals surface area (Å²) in [4.78, 5) is 24.0. The Bertz CT molecular complexity index is 779. The summed E-state index contributed by atoms with van der Waals surface area (Å²) in [6, 6.07) is 11.5. The molecule has 23 heavy (non-hydrogen) atoms. The van der Waals surface area contributed by atoms with Gasteiger partial charge in [0, 0.05) is 5.69 Å². The lowest BCUT2D eigenvalue weighted by Crippen LogP contribution is -2.37. The first-order chi connectivity index (χ1) is 11.0. The van der Waals surface area contributed by atoms with E-state index in [4.69, 9.17) is 11.6 Å². The number of fused-ring (bicyclic) bond motifs is 1. The molecule has 0 saturated carbocycles. The smallest absolute Gasteiger partial charge is 0.313 e. The molecule has 1 atom stereocenters. The molecule has 0 fully saturated rings. The molecule has 0 aromatic heterocycles. The quantitative estimate of drug-likeness (QED) is 0.830. The third-order valence-electron chi connectivity index (χ3n) is 3.82. The molecule has 0 bridgehead atoms. The van der Waals surface area contributed by atoms with Crippen LogP contribution < -0.4 is 10.6 Å². The Morgan fingerprint density at radius 3 is 2.70 bits per heavy atom. The molecule has 4 nitrogen and oxygen atoms in total. The predicted molar refractivity (Wildman–Crippen MR) is 85.7 cm³/mol. The zero-order valence-corrected chi connectivity index (χ0v) is 12.9. The molecule has 2 aromatic carbocycles. The SMILES string of the molecule is O=C(Nc1ccc(Cl)c(F)c1)C(=O)NC1CCc2ccccc21. The summed E-state index contributed by atoms with van der Waals surface area (Å²) in [5.74, 6) is -2.24. The van der Waals surface area contributed by atoms with Crippen molar-refractivity contribution >= 4 is 29.1 Å². The monoisotopic (exact) mass is 332 g/mol. The van der Waals surface area contributed by atoms with E-state index < -0.39 is 17.6 Å². The van der Waals surface area contributed by atoms with Crippen molar-refractivity contribution in [1.29, 1.82) is 0 Å². The van der Waals surface area contributed by atoms with Gasteiger partial charge in [-0.15, -0.1) is 0 Å². The van der Waals surface area contributed by atoms with Crippen molar-refractivity contribution in [1.82, 2.24) is 5.32 Å². The molecule has 2 amide bonds. The molecule has 0 spiro atoms. The molecular formula is C17H14ClFN2O2. The average Bonchev–Trinajstić information content (AvgIpc) is 2.94. The first kappa shape index (κ1) is 15.5. The Morgan fingerprint density at radius 2 is 1.91 bits per heavy atom. The fourth-order valence-electron chi connectivity index (χ4n) is 2.69. The van der Waals surface area contributed by atoms with Gasteiger partial charge in [0.15, 0.2) is 0 Å². The van der Waals surface area contributed by atoms with Crippen LogP contribution in [0.2, 0.25) is 5.02 Å². The highest BCUT2D eigenvalue weighted by molar-refractivity contribution is 6.39. The van der Waals surface area contributed by atoms with Crippen molar-refractivity contribution in [3.8, 4) is 0 Å². The fraction of sp³-hybridized carbons (Fsp3) is 0.176. The van der Waals surface area contributed by atoms with Gasteiger partial charge < -0.3 is 10.6 Å². The number of nitrogens with one attached hydrogen (secondary N) is 2. The third-order valence-corrected chi connectivity index (χ3v) is 4.13. The van der Waals surface area contributed by atoms with E-state index in [1.807, 2.05) is 24.3 Å². The molecule has 1 aliphatic carbocycles. The number of anilines is 1. The van der Waals surface area contributed by atoms with Crippen molar-refractivity contribution in [3.63, 3.8) is 0 Å². The summed E-state index contributed by atoms with van der Waals surface area (Å²) >= 11 is 5.57. The van der Waals surface area contributed by atoms with Crippen LogP contribution in [0.1, 0.15) is 23.6 Å². The van der Waals surface area contributed by atoms with Gasteiger partial charge in [-0.2, -0.15) is 0 Å². The maximum absolute atomic E-state index is 13.3. The Labute approximate surface area is 137 Å². The van der Waals surface area contributed by atoms with Crippen LogP contribution in [0.4, 0.5) is 10.1 Å². The topological polar surface area (TPSA) is 58.2 Å². The van der Waals surface area contributed by atoms with Gasteiger partial charge in [-0.1, -0.05) is 35.9 Å². The number of amides is 2. The van der Waals surface area contributed by atoms with Gasteiger partial charge in [0.2, 0.25) is 0 Å². The molecule has 118 valence electrons. The molecule has 6 heteroatoms. The molecule has 2 aromatic rings. The summed E-state index contributed by atoms with van der Waals surface area (Å²) in [7, 11) is 0. The first-order valence-electron chi connectivity index (χ1n) is 7.19. The second-order valence-electron chi connectivity index (χ2n) is 5.35. The number of rotatable bonds is 2. The Hall–Kier alpha value is -2.40. The van der Waals surface area contributed by atoms with Crippen molar-refractivity contribution in [2.75, 3.05) is 5.32 Å². The Morgan fingerprint density at radius 1 is 1.13 bits per heavy atom. The highest BCUT2D eigenvalue weighted by Crippen LogP contribution is 2.30. The standard InChI is InChI=1S/C17H14ClFN2O2/c18-13-7-6-11(9-14(13)19)20-16(22)17(23)21-15-8-5-10-3-1-2-4-12(10)15/h1-4,6-7,9,15H,5,8H2,(H,20,22)(H,21,23). The molecule has 3 rings (SSSR count). The molecule has 0 heterocycles. The molecule has 2 N–H and O–H groups in total. The molecule has 1 aliphatic rings. The van der Waals surface area contributed by atoms with Gasteiger partial charge in [0.1, 0.15) is 5.82 Å². The van der Waals surface area contributed by atoms with Crippen molar-refractivity contribution in [2.45, 2.75) is 18.9 Å². The zero-order valence-electron chi connectivity index (χ0n) is 12.1. The first-order valence-corrected chi connectivity index (χ1v) is 7.57. The van der Waals surface area contributed by atoms with Gasteiger partial charge in [-0.05, 0) is 42.2 Å². The van der Waals surface area contributed by atoms with Gasteiger partial charge in [-0.25, -0.2) is 4.39 Å². The fourth-order valence-corrected chi connectivity index (χ4v) is 2.81. The second-order valence-corrected chi connectivity index (χ2v) is 5.75. The minimum absolute atomic E-state index is 0.0463. The van der Waals surface area contributed by atoms with E-state index in [1.54, 1.807) is 0 Å². The van der Waals surface area contributed by atoms with Crippen molar-refractivity contribution in [2.24, 2.45) is 0 Å². The molecule has 0 saturated heterocycles. The van der Waals surface area contributed by atoms with Crippen LogP contribution in [0.25, 0.3) is 0 Å². The van der Waals surface area contributed by atoms with Gasteiger partial charge >= 0.3 is 11.8 Å². The lowest BCUT2D eigenvalue weighted by atomic mass is 10.1. The lowest BCUT2D eigenvalue weighted by Gasteiger charge is -2.14. The van der Waals surface area contributed by atoms with Crippen LogP contribution in [0.15, 0.2) is 42.5 Å². The minimum Gasteiger partial charge on any atom is -0.341 e.